The maximum atomic E-state index is 10.8. The summed E-state index contributed by atoms with van der Waals surface area (Å²) < 4.78 is 5.21. The third-order valence-electron chi connectivity index (χ3n) is 1.94. The van der Waals surface area contributed by atoms with Gasteiger partial charge in [0.05, 0.1) is 6.61 Å². The van der Waals surface area contributed by atoms with Gasteiger partial charge in [-0.1, -0.05) is 27.7 Å². The average molecular weight is 219 g/mol. The van der Waals surface area contributed by atoms with E-state index in [-0.39, 0.29) is 6.61 Å². The normalized spacial score (nSPS) is 11.9. The fourth-order valence-electron chi connectivity index (χ4n) is 0.947. The second-order valence-electron chi connectivity index (χ2n) is 3.00. The molecule has 1 atom stereocenters. The summed E-state index contributed by atoms with van der Waals surface area (Å²) >= 11 is 0. The van der Waals surface area contributed by atoms with Crippen LogP contribution in [0.5, 0.6) is 0 Å². The number of hydrogen-bond donors (Lipinski definition) is 1. The number of rotatable bonds is 7. The molecular formula is C11H25NO3. The summed E-state index contributed by atoms with van der Waals surface area (Å²) in [5, 5.41) is 8.85. The van der Waals surface area contributed by atoms with Gasteiger partial charge in [0.25, 0.3) is 0 Å². The van der Waals surface area contributed by atoms with Crippen molar-refractivity contribution in [1.29, 1.82) is 0 Å². The number of carboxylic acids is 1. The van der Waals surface area contributed by atoms with Crippen LogP contribution in [-0.2, 0) is 9.53 Å². The van der Waals surface area contributed by atoms with E-state index in [0.29, 0.717) is 13.2 Å². The van der Waals surface area contributed by atoms with E-state index < -0.39 is 12.0 Å². The van der Waals surface area contributed by atoms with Crippen LogP contribution in [0.15, 0.2) is 0 Å². The maximum absolute atomic E-state index is 10.8. The van der Waals surface area contributed by atoms with Crippen molar-refractivity contribution in [2.24, 2.45) is 0 Å². The van der Waals surface area contributed by atoms with Crippen LogP contribution >= 0.6 is 0 Å². The van der Waals surface area contributed by atoms with Gasteiger partial charge in [0.2, 0.25) is 0 Å². The Kier molecular flexibility index (Phi) is 12.8. The second kappa shape index (κ2) is 11.5. The van der Waals surface area contributed by atoms with E-state index in [2.05, 4.69) is 0 Å². The minimum Gasteiger partial charge on any atom is -0.480 e. The zero-order valence-electron chi connectivity index (χ0n) is 10.6. The van der Waals surface area contributed by atoms with Crippen LogP contribution in [0.1, 0.15) is 34.1 Å². The Morgan fingerprint density at radius 1 is 1.40 bits per heavy atom. The zero-order chi connectivity index (χ0) is 12.3. The SMILES string of the molecule is CC.CCCOCC(C(=O)O)N(C)CC. The first kappa shape index (κ1) is 16.8. The van der Waals surface area contributed by atoms with E-state index in [0.717, 1.165) is 6.42 Å². The van der Waals surface area contributed by atoms with Crippen LogP contribution in [-0.4, -0.2) is 48.8 Å². The number of carboxylic acid groups (broad SMARTS) is 1. The highest BCUT2D eigenvalue weighted by Crippen LogP contribution is 1.98. The van der Waals surface area contributed by atoms with Crippen LogP contribution in [0.3, 0.4) is 0 Å². The van der Waals surface area contributed by atoms with Gasteiger partial charge in [0.15, 0.2) is 0 Å². The van der Waals surface area contributed by atoms with Gasteiger partial charge in [-0.3, -0.25) is 9.69 Å². The molecule has 0 aromatic carbocycles. The molecule has 0 aliphatic heterocycles. The Hall–Kier alpha value is -0.610. The highest BCUT2D eigenvalue weighted by atomic mass is 16.5. The minimum absolute atomic E-state index is 0.271. The number of nitrogens with zero attached hydrogens (tertiary/aromatic N) is 1. The van der Waals surface area contributed by atoms with Crippen molar-refractivity contribution in [2.45, 2.75) is 40.2 Å². The first-order chi connectivity index (χ1) is 7.13. The fraction of sp³-hybridized carbons (Fsp3) is 0.909. The van der Waals surface area contributed by atoms with Gasteiger partial charge in [-0.15, -0.1) is 0 Å². The molecule has 0 fully saturated rings. The van der Waals surface area contributed by atoms with Crippen LogP contribution in [0, 0.1) is 0 Å². The van der Waals surface area contributed by atoms with Crippen molar-refractivity contribution in [1.82, 2.24) is 4.90 Å². The predicted molar refractivity (Wildman–Crippen MR) is 62.2 cm³/mol. The molecule has 0 saturated heterocycles. The van der Waals surface area contributed by atoms with Crippen molar-refractivity contribution >= 4 is 5.97 Å². The van der Waals surface area contributed by atoms with E-state index in [1.807, 2.05) is 27.7 Å². The number of aliphatic carboxylic acids is 1. The van der Waals surface area contributed by atoms with Gasteiger partial charge < -0.3 is 9.84 Å². The molecule has 1 N–H and O–H groups in total. The zero-order valence-corrected chi connectivity index (χ0v) is 10.6. The number of carbonyl (C=O) groups is 1. The molecule has 0 aliphatic carbocycles. The molecule has 0 aromatic heterocycles. The topological polar surface area (TPSA) is 49.8 Å². The molecular weight excluding hydrogens is 194 g/mol. The van der Waals surface area contributed by atoms with E-state index in [9.17, 15) is 4.79 Å². The molecule has 0 bridgehead atoms. The quantitative estimate of drug-likeness (QED) is 0.664. The molecule has 4 nitrogen and oxygen atoms in total. The Morgan fingerprint density at radius 3 is 2.27 bits per heavy atom. The van der Waals surface area contributed by atoms with E-state index >= 15 is 0 Å². The van der Waals surface area contributed by atoms with Crippen molar-refractivity contribution in [2.75, 3.05) is 26.8 Å². The number of hydrogen-bond acceptors (Lipinski definition) is 3. The van der Waals surface area contributed by atoms with Crippen molar-refractivity contribution < 1.29 is 14.6 Å². The molecule has 0 aromatic rings. The van der Waals surface area contributed by atoms with Gasteiger partial charge in [0.1, 0.15) is 6.04 Å². The average Bonchev–Trinajstić information content (AvgIpc) is 2.26. The maximum Gasteiger partial charge on any atom is 0.323 e. The summed E-state index contributed by atoms with van der Waals surface area (Å²) in [6, 6.07) is -0.517. The standard InChI is InChI=1S/C9H19NO3.C2H6/c1-4-6-13-7-8(9(11)12)10(3)5-2;1-2/h8H,4-7H2,1-3H3,(H,11,12);1-2H3. The van der Waals surface area contributed by atoms with Crippen LogP contribution in [0.4, 0.5) is 0 Å². The molecule has 0 saturated carbocycles. The third kappa shape index (κ3) is 8.39. The lowest BCUT2D eigenvalue weighted by Gasteiger charge is -2.22. The molecule has 92 valence electrons. The molecule has 0 heterocycles. The summed E-state index contributed by atoms with van der Waals surface area (Å²) in [6.07, 6.45) is 0.919. The van der Waals surface area contributed by atoms with Crippen LogP contribution in [0.25, 0.3) is 0 Å². The molecule has 15 heavy (non-hydrogen) atoms. The molecule has 0 amide bonds. The Bertz CT molecular complexity index is 151. The summed E-state index contributed by atoms with van der Waals surface area (Å²) in [5.41, 5.74) is 0. The van der Waals surface area contributed by atoms with Crippen LogP contribution < -0.4 is 0 Å². The predicted octanol–water partition coefficient (Wildman–Crippen LogP) is 1.84. The number of likely N-dealkylation sites (N-methyl/N-ethyl adjacent to an activating group) is 1. The highest BCUT2D eigenvalue weighted by Gasteiger charge is 2.21. The van der Waals surface area contributed by atoms with Gasteiger partial charge in [0, 0.05) is 6.61 Å². The molecule has 0 spiro atoms. The van der Waals surface area contributed by atoms with Crippen molar-refractivity contribution in [3.63, 3.8) is 0 Å². The van der Waals surface area contributed by atoms with E-state index in [1.54, 1.807) is 11.9 Å². The summed E-state index contributed by atoms with van der Waals surface area (Å²) in [6.45, 7) is 9.54. The minimum atomic E-state index is -0.819. The summed E-state index contributed by atoms with van der Waals surface area (Å²) in [5.74, 6) is -0.819. The Balaban J connectivity index is 0. The lowest BCUT2D eigenvalue weighted by Crippen LogP contribution is -2.41. The second-order valence-corrected chi connectivity index (χ2v) is 3.00. The Morgan fingerprint density at radius 2 is 1.93 bits per heavy atom. The lowest BCUT2D eigenvalue weighted by molar-refractivity contribution is -0.145. The summed E-state index contributed by atoms with van der Waals surface area (Å²) in [7, 11) is 1.79. The van der Waals surface area contributed by atoms with Crippen molar-refractivity contribution in [3.8, 4) is 0 Å². The van der Waals surface area contributed by atoms with Crippen LogP contribution in [0.2, 0.25) is 0 Å². The van der Waals surface area contributed by atoms with Gasteiger partial charge in [-0.05, 0) is 20.0 Å². The van der Waals surface area contributed by atoms with E-state index in [4.69, 9.17) is 9.84 Å². The largest absolute Gasteiger partial charge is 0.480 e. The molecule has 1 unspecified atom stereocenters. The van der Waals surface area contributed by atoms with Gasteiger partial charge in [-0.2, -0.15) is 0 Å². The molecule has 4 heteroatoms. The van der Waals surface area contributed by atoms with Crippen molar-refractivity contribution in [3.05, 3.63) is 0 Å². The fourth-order valence-corrected chi connectivity index (χ4v) is 0.947. The Labute approximate surface area is 93.2 Å². The number of ether oxygens (including phenoxy) is 1. The highest BCUT2D eigenvalue weighted by molar-refractivity contribution is 5.73. The first-order valence-corrected chi connectivity index (χ1v) is 5.64. The molecule has 0 aliphatic rings. The first-order valence-electron chi connectivity index (χ1n) is 5.64. The lowest BCUT2D eigenvalue weighted by atomic mass is 10.3. The van der Waals surface area contributed by atoms with E-state index in [1.165, 1.54) is 0 Å². The monoisotopic (exact) mass is 219 g/mol. The molecule has 0 rings (SSSR count). The smallest absolute Gasteiger partial charge is 0.323 e. The summed E-state index contributed by atoms with van der Waals surface area (Å²) in [4.78, 5) is 12.5. The molecule has 0 radical (unpaired) electrons. The van der Waals surface area contributed by atoms with Gasteiger partial charge >= 0.3 is 5.97 Å². The third-order valence-corrected chi connectivity index (χ3v) is 1.94. The van der Waals surface area contributed by atoms with Gasteiger partial charge in [-0.25, -0.2) is 0 Å².